The first kappa shape index (κ1) is 12.4. The normalized spacial score (nSPS) is 15.8. The number of urea groups is 1. The zero-order valence-electron chi connectivity index (χ0n) is 10.1. The van der Waals surface area contributed by atoms with E-state index in [0.717, 1.165) is 12.8 Å². The number of carbonyl (C=O) groups is 2. The Morgan fingerprint density at radius 2 is 2.00 bits per heavy atom. The predicted octanol–water partition coefficient (Wildman–Crippen LogP) is 2.30. The molecule has 1 aromatic carbocycles. The van der Waals surface area contributed by atoms with Crippen molar-refractivity contribution in [3.8, 4) is 0 Å². The fraction of sp³-hybridized carbons (Fsp3) is 0.385. The minimum Gasteiger partial charge on any atom is -0.478 e. The van der Waals surface area contributed by atoms with Crippen molar-refractivity contribution in [2.45, 2.75) is 25.8 Å². The van der Waals surface area contributed by atoms with E-state index in [0.29, 0.717) is 11.6 Å². The van der Waals surface area contributed by atoms with E-state index in [2.05, 4.69) is 10.6 Å². The molecule has 0 radical (unpaired) electrons. The van der Waals surface area contributed by atoms with Crippen LogP contribution in [0.15, 0.2) is 24.3 Å². The number of hydrogen-bond acceptors (Lipinski definition) is 2. The molecule has 1 aromatic rings. The molecule has 0 spiro atoms. The second kappa shape index (κ2) is 5.08. The van der Waals surface area contributed by atoms with Crippen LogP contribution in [0.25, 0.3) is 0 Å². The smallest absolute Gasteiger partial charge is 0.337 e. The van der Waals surface area contributed by atoms with Gasteiger partial charge in [-0.2, -0.15) is 0 Å². The molecule has 1 aliphatic carbocycles. The highest BCUT2D eigenvalue weighted by Gasteiger charge is 2.29. The van der Waals surface area contributed by atoms with Gasteiger partial charge in [-0.3, -0.25) is 0 Å². The molecule has 5 heteroatoms. The molecule has 0 bridgehead atoms. The summed E-state index contributed by atoms with van der Waals surface area (Å²) in [5, 5.41) is 14.4. The number of rotatable bonds is 4. The number of aromatic carboxylic acids is 1. The zero-order chi connectivity index (χ0) is 13.1. The van der Waals surface area contributed by atoms with Gasteiger partial charge >= 0.3 is 12.0 Å². The monoisotopic (exact) mass is 248 g/mol. The molecular formula is C13H16N2O3. The molecular weight excluding hydrogens is 232 g/mol. The Balaban J connectivity index is 1.99. The van der Waals surface area contributed by atoms with Crippen LogP contribution in [-0.2, 0) is 0 Å². The Kier molecular flexibility index (Phi) is 3.50. The van der Waals surface area contributed by atoms with E-state index in [-0.39, 0.29) is 17.6 Å². The van der Waals surface area contributed by atoms with E-state index >= 15 is 0 Å². The number of anilines is 1. The van der Waals surface area contributed by atoms with Crippen LogP contribution in [0.3, 0.4) is 0 Å². The van der Waals surface area contributed by atoms with E-state index in [1.807, 2.05) is 6.92 Å². The Hall–Kier alpha value is -2.04. The molecule has 1 saturated carbocycles. The lowest BCUT2D eigenvalue weighted by Crippen LogP contribution is -2.37. The number of hydrogen-bond donors (Lipinski definition) is 3. The highest BCUT2D eigenvalue weighted by Crippen LogP contribution is 2.32. The summed E-state index contributed by atoms with van der Waals surface area (Å²) in [6, 6.07) is 6.11. The van der Waals surface area contributed by atoms with E-state index in [1.165, 1.54) is 6.07 Å². The van der Waals surface area contributed by atoms with Gasteiger partial charge in [0, 0.05) is 6.04 Å². The Bertz CT molecular complexity index is 469. The molecule has 0 aromatic heterocycles. The van der Waals surface area contributed by atoms with E-state index in [4.69, 9.17) is 5.11 Å². The van der Waals surface area contributed by atoms with Gasteiger partial charge in [0.25, 0.3) is 0 Å². The van der Waals surface area contributed by atoms with Crippen LogP contribution in [-0.4, -0.2) is 23.1 Å². The summed E-state index contributed by atoms with van der Waals surface area (Å²) in [5.74, 6) is -0.494. The van der Waals surface area contributed by atoms with Crippen LogP contribution in [0.2, 0.25) is 0 Å². The highest BCUT2D eigenvalue weighted by atomic mass is 16.4. The van der Waals surface area contributed by atoms with Gasteiger partial charge in [0.15, 0.2) is 0 Å². The van der Waals surface area contributed by atoms with Crippen LogP contribution in [0.1, 0.15) is 30.1 Å². The molecule has 1 fully saturated rings. The number of carbonyl (C=O) groups excluding carboxylic acids is 1. The first-order valence-corrected chi connectivity index (χ1v) is 5.98. The minimum atomic E-state index is -1.05. The number of nitrogens with one attached hydrogen (secondary N) is 2. The molecule has 0 aliphatic heterocycles. The van der Waals surface area contributed by atoms with Gasteiger partial charge in [-0.15, -0.1) is 0 Å². The van der Waals surface area contributed by atoms with Crippen LogP contribution in [0.5, 0.6) is 0 Å². The first-order chi connectivity index (χ1) is 8.58. The van der Waals surface area contributed by atoms with Crippen LogP contribution < -0.4 is 10.6 Å². The Labute approximate surface area is 105 Å². The molecule has 0 saturated heterocycles. The molecule has 96 valence electrons. The quantitative estimate of drug-likeness (QED) is 0.765. The maximum absolute atomic E-state index is 11.7. The van der Waals surface area contributed by atoms with Gasteiger partial charge in [0.2, 0.25) is 0 Å². The third-order valence-corrected chi connectivity index (χ3v) is 3.09. The van der Waals surface area contributed by atoms with Crippen molar-refractivity contribution in [2.24, 2.45) is 5.92 Å². The molecule has 1 atom stereocenters. The summed E-state index contributed by atoms with van der Waals surface area (Å²) in [7, 11) is 0. The largest absolute Gasteiger partial charge is 0.478 e. The maximum atomic E-state index is 11.7. The van der Waals surface area contributed by atoms with E-state index < -0.39 is 5.97 Å². The number of carboxylic acids is 1. The lowest BCUT2D eigenvalue weighted by atomic mass is 10.2. The summed E-state index contributed by atoms with van der Waals surface area (Å²) < 4.78 is 0. The Morgan fingerprint density at radius 3 is 2.61 bits per heavy atom. The van der Waals surface area contributed by atoms with Crippen molar-refractivity contribution >= 4 is 17.7 Å². The molecule has 3 N–H and O–H groups in total. The van der Waals surface area contributed by atoms with Crippen LogP contribution >= 0.6 is 0 Å². The van der Waals surface area contributed by atoms with Crippen molar-refractivity contribution in [1.29, 1.82) is 0 Å². The molecule has 2 amide bonds. The summed E-state index contributed by atoms with van der Waals surface area (Å²) in [4.78, 5) is 22.7. The number of carboxylic acid groups (broad SMARTS) is 1. The standard InChI is InChI=1S/C13H16N2O3/c1-8(9-6-7-9)14-13(18)15-11-5-3-2-4-10(11)12(16)17/h2-5,8-9H,6-7H2,1H3,(H,16,17)(H2,14,15,18). The topological polar surface area (TPSA) is 78.4 Å². The predicted molar refractivity (Wildman–Crippen MR) is 67.7 cm³/mol. The van der Waals surface area contributed by atoms with Gasteiger partial charge in [-0.05, 0) is 37.8 Å². The van der Waals surface area contributed by atoms with Gasteiger partial charge in [0.1, 0.15) is 0 Å². The molecule has 2 rings (SSSR count). The summed E-state index contributed by atoms with van der Waals surface area (Å²) in [6.45, 7) is 1.96. The fourth-order valence-electron chi connectivity index (χ4n) is 1.86. The maximum Gasteiger partial charge on any atom is 0.337 e. The zero-order valence-corrected chi connectivity index (χ0v) is 10.1. The summed E-state index contributed by atoms with van der Waals surface area (Å²) >= 11 is 0. The number of benzene rings is 1. The van der Waals surface area contributed by atoms with Gasteiger partial charge < -0.3 is 15.7 Å². The lowest BCUT2D eigenvalue weighted by Gasteiger charge is -2.14. The average molecular weight is 248 g/mol. The van der Waals surface area contributed by atoms with E-state index in [1.54, 1.807) is 18.2 Å². The summed E-state index contributed by atoms with van der Waals surface area (Å²) in [6.07, 6.45) is 2.29. The van der Waals surface area contributed by atoms with Gasteiger partial charge in [-0.1, -0.05) is 12.1 Å². The summed E-state index contributed by atoms with van der Waals surface area (Å²) in [5.41, 5.74) is 0.400. The second-order valence-corrected chi connectivity index (χ2v) is 4.58. The minimum absolute atomic E-state index is 0.0896. The van der Waals surface area contributed by atoms with Crippen LogP contribution in [0, 0.1) is 5.92 Å². The first-order valence-electron chi connectivity index (χ1n) is 5.98. The van der Waals surface area contributed by atoms with Crippen molar-refractivity contribution in [1.82, 2.24) is 5.32 Å². The average Bonchev–Trinajstić information content (AvgIpc) is 3.12. The number of para-hydroxylation sites is 1. The van der Waals surface area contributed by atoms with Gasteiger partial charge in [-0.25, -0.2) is 9.59 Å². The second-order valence-electron chi connectivity index (χ2n) is 4.58. The fourth-order valence-corrected chi connectivity index (χ4v) is 1.86. The number of amides is 2. The lowest BCUT2D eigenvalue weighted by molar-refractivity contribution is 0.0698. The van der Waals surface area contributed by atoms with Crippen molar-refractivity contribution in [2.75, 3.05) is 5.32 Å². The van der Waals surface area contributed by atoms with Crippen LogP contribution in [0.4, 0.5) is 10.5 Å². The molecule has 0 heterocycles. The third-order valence-electron chi connectivity index (χ3n) is 3.09. The molecule has 1 aliphatic rings. The highest BCUT2D eigenvalue weighted by molar-refractivity contribution is 5.99. The van der Waals surface area contributed by atoms with Gasteiger partial charge in [0.05, 0.1) is 11.3 Å². The molecule has 5 nitrogen and oxygen atoms in total. The van der Waals surface area contributed by atoms with Crippen molar-refractivity contribution in [3.05, 3.63) is 29.8 Å². The van der Waals surface area contributed by atoms with Crippen molar-refractivity contribution < 1.29 is 14.7 Å². The van der Waals surface area contributed by atoms with Crippen molar-refractivity contribution in [3.63, 3.8) is 0 Å². The SMILES string of the molecule is CC(NC(=O)Nc1ccccc1C(=O)O)C1CC1. The van der Waals surface area contributed by atoms with E-state index in [9.17, 15) is 9.59 Å². The third kappa shape index (κ3) is 3.00. The Morgan fingerprint density at radius 1 is 1.33 bits per heavy atom. The molecule has 18 heavy (non-hydrogen) atoms. The molecule has 1 unspecified atom stereocenters.